The second-order valence-electron chi connectivity index (χ2n) is 8.10. The van der Waals surface area contributed by atoms with Crippen LogP contribution in [-0.2, 0) is 24.4 Å². The molecule has 0 aliphatic carbocycles. The number of benzene rings is 1. The molecule has 0 atom stereocenters. The van der Waals surface area contributed by atoms with E-state index in [1.54, 1.807) is 27.9 Å². The molecular formula is C23H28N4O2S. The number of thiophene rings is 1. The topological polar surface area (TPSA) is 58.4 Å². The number of aromatic nitrogens is 2. The Labute approximate surface area is 180 Å². The normalized spacial score (nSPS) is 14.5. The molecule has 1 aromatic carbocycles. The van der Waals surface area contributed by atoms with Crippen LogP contribution < -0.4 is 5.56 Å². The Morgan fingerprint density at radius 2 is 1.87 bits per heavy atom. The zero-order valence-electron chi connectivity index (χ0n) is 17.9. The highest BCUT2D eigenvalue weighted by molar-refractivity contribution is 7.18. The highest BCUT2D eigenvalue weighted by Crippen LogP contribution is 2.26. The fourth-order valence-electron chi connectivity index (χ4n) is 4.00. The van der Waals surface area contributed by atoms with Gasteiger partial charge >= 0.3 is 0 Å². The van der Waals surface area contributed by atoms with Crippen molar-refractivity contribution in [3.63, 3.8) is 0 Å². The molecule has 0 saturated carbocycles. The highest BCUT2D eigenvalue weighted by atomic mass is 32.1. The zero-order chi connectivity index (χ0) is 21.3. The van der Waals surface area contributed by atoms with Crippen molar-refractivity contribution >= 4 is 27.5 Å². The molecule has 0 bridgehead atoms. The summed E-state index contributed by atoms with van der Waals surface area (Å²) in [4.78, 5) is 37.2. The summed E-state index contributed by atoms with van der Waals surface area (Å²) >= 11 is 1.56. The quantitative estimate of drug-likeness (QED) is 0.609. The van der Waals surface area contributed by atoms with Crippen molar-refractivity contribution in [3.8, 4) is 0 Å². The van der Waals surface area contributed by atoms with Gasteiger partial charge in [0, 0.05) is 18.5 Å². The number of likely N-dealkylation sites (tertiary alicyclic amines) is 1. The third kappa shape index (κ3) is 4.18. The first-order valence-corrected chi connectivity index (χ1v) is 11.3. The molecule has 2 aromatic heterocycles. The van der Waals surface area contributed by atoms with E-state index in [1.807, 2.05) is 44.2 Å². The molecule has 3 heterocycles. The molecule has 4 rings (SSSR count). The minimum Gasteiger partial charge on any atom is -0.340 e. The molecule has 0 N–H and O–H groups in total. The van der Waals surface area contributed by atoms with Crippen LogP contribution >= 0.6 is 11.3 Å². The van der Waals surface area contributed by atoms with Gasteiger partial charge in [0.05, 0.1) is 11.9 Å². The van der Waals surface area contributed by atoms with E-state index in [-0.39, 0.29) is 18.0 Å². The van der Waals surface area contributed by atoms with E-state index in [0.29, 0.717) is 24.3 Å². The number of aryl methyl sites for hydroxylation is 2. The number of carbonyl (C=O) groups is 1. The van der Waals surface area contributed by atoms with Crippen LogP contribution in [-0.4, -0.2) is 45.4 Å². The van der Waals surface area contributed by atoms with Gasteiger partial charge in [0.1, 0.15) is 17.2 Å². The monoisotopic (exact) mass is 424 g/mol. The van der Waals surface area contributed by atoms with Crippen molar-refractivity contribution < 1.29 is 4.79 Å². The molecule has 1 saturated heterocycles. The van der Waals surface area contributed by atoms with E-state index in [2.05, 4.69) is 4.90 Å². The van der Waals surface area contributed by atoms with E-state index < -0.39 is 0 Å². The Morgan fingerprint density at radius 3 is 2.57 bits per heavy atom. The largest absolute Gasteiger partial charge is 0.340 e. The smallest absolute Gasteiger partial charge is 0.263 e. The molecule has 1 fully saturated rings. The maximum Gasteiger partial charge on any atom is 0.263 e. The average Bonchev–Trinajstić information content (AvgIpc) is 3.33. The van der Waals surface area contributed by atoms with E-state index >= 15 is 0 Å². The van der Waals surface area contributed by atoms with E-state index in [9.17, 15) is 9.59 Å². The van der Waals surface area contributed by atoms with Crippen LogP contribution in [0.5, 0.6) is 0 Å². The molecule has 158 valence electrons. The molecule has 3 aromatic rings. The SMILES string of the molecule is Cc1sc2nc(CN3CCCC3)n(CC(=O)N(C)Cc3ccccc3)c(=O)c2c1C. The van der Waals surface area contributed by atoms with Gasteiger partial charge in [0.15, 0.2) is 0 Å². The molecule has 0 spiro atoms. The first-order chi connectivity index (χ1) is 14.4. The lowest BCUT2D eigenvalue weighted by Crippen LogP contribution is -2.37. The van der Waals surface area contributed by atoms with Gasteiger partial charge in [-0.25, -0.2) is 4.98 Å². The van der Waals surface area contributed by atoms with Crippen LogP contribution in [0, 0.1) is 13.8 Å². The summed E-state index contributed by atoms with van der Waals surface area (Å²) in [6.45, 7) is 7.15. The third-order valence-electron chi connectivity index (χ3n) is 5.91. The summed E-state index contributed by atoms with van der Waals surface area (Å²) in [7, 11) is 1.78. The lowest BCUT2D eigenvalue weighted by Gasteiger charge is -2.21. The van der Waals surface area contributed by atoms with Gasteiger partial charge in [0.25, 0.3) is 5.56 Å². The van der Waals surface area contributed by atoms with Crippen LogP contribution in [0.1, 0.15) is 34.7 Å². The minimum atomic E-state index is -0.0995. The number of fused-ring (bicyclic) bond motifs is 1. The molecule has 6 nitrogen and oxygen atoms in total. The fourth-order valence-corrected chi connectivity index (χ4v) is 5.03. The van der Waals surface area contributed by atoms with E-state index in [0.717, 1.165) is 33.9 Å². The lowest BCUT2D eigenvalue weighted by molar-refractivity contribution is -0.131. The third-order valence-corrected chi connectivity index (χ3v) is 7.01. The van der Waals surface area contributed by atoms with Crippen molar-refractivity contribution in [3.05, 3.63) is 62.5 Å². The maximum absolute atomic E-state index is 13.4. The maximum atomic E-state index is 13.4. The molecule has 0 unspecified atom stereocenters. The molecule has 0 radical (unpaired) electrons. The summed E-state index contributed by atoms with van der Waals surface area (Å²) in [5.41, 5.74) is 1.94. The van der Waals surface area contributed by atoms with Crippen molar-refractivity contribution in [2.24, 2.45) is 0 Å². The van der Waals surface area contributed by atoms with Crippen molar-refractivity contribution in [1.29, 1.82) is 0 Å². The van der Waals surface area contributed by atoms with Crippen LogP contribution in [0.2, 0.25) is 0 Å². The molecule has 1 amide bonds. The van der Waals surface area contributed by atoms with Crippen molar-refractivity contribution in [2.75, 3.05) is 20.1 Å². The Kier molecular flexibility index (Phi) is 6.01. The molecule has 1 aliphatic rings. The average molecular weight is 425 g/mol. The molecular weight excluding hydrogens is 396 g/mol. The fraction of sp³-hybridized carbons (Fsp3) is 0.435. The summed E-state index contributed by atoms with van der Waals surface area (Å²) in [5, 5.41) is 0.654. The Hall–Kier alpha value is -2.51. The Balaban J connectivity index is 1.66. The van der Waals surface area contributed by atoms with E-state index in [4.69, 9.17) is 4.98 Å². The van der Waals surface area contributed by atoms with Gasteiger partial charge in [-0.15, -0.1) is 11.3 Å². The number of amides is 1. The van der Waals surface area contributed by atoms with Crippen LogP contribution in [0.3, 0.4) is 0 Å². The van der Waals surface area contributed by atoms with Gasteiger partial charge in [0.2, 0.25) is 5.91 Å². The molecule has 1 aliphatic heterocycles. The second-order valence-corrected chi connectivity index (χ2v) is 9.30. The van der Waals surface area contributed by atoms with Gasteiger partial charge in [-0.05, 0) is 50.9 Å². The summed E-state index contributed by atoms with van der Waals surface area (Å²) < 4.78 is 1.60. The number of likely N-dealkylation sites (N-methyl/N-ethyl adjacent to an activating group) is 1. The number of hydrogen-bond donors (Lipinski definition) is 0. The summed E-state index contributed by atoms with van der Waals surface area (Å²) in [5.74, 6) is 0.603. The standard InChI is InChI=1S/C23H28N4O2S/c1-16-17(2)30-22-21(16)23(29)27(19(24-22)14-26-11-7-8-12-26)15-20(28)25(3)13-18-9-5-4-6-10-18/h4-6,9-10H,7-8,11-15H2,1-3H3. The van der Waals surface area contributed by atoms with Crippen LogP contribution in [0.15, 0.2) is 35.1 Å². The van der Waals surface area contributed by atoms with Crippen LogP contribution in [0.4, 0.5) is 0 Å². The van der Waals surface area contributed by atoms with Crippen molar-refractivity contribution in [2.45, 2.75) is 46.3 Å². The number of rotatable bonds is 6. The number of nitrogens with zero attached hydrogens (tertiary/aromatic N) is 4. The minimum absolute atomic E-state index is 0.0165. The lowest BCUT2D eigenvalue weighted by atomic mass is 10.2. The summed E-state index contributed by atoms with van der Waals surface area (Å²) in [6, 6.07) is 9.89. The number of carbonyl (C=O) groups excluding carboxylic acids is 1. The van der Waals surface area contributed by atoms with Gasteiger partial charge in [-0.2, -0.15) is 0 Å². The summed E-state index contributed by atoms with van der Waals surface area (Å²) in [6.07, 6.45) is 2.34. The first kappa shape index (κ1) is 20.8. The number of hydrogen-bond acceptors (Lipinski definition) is 5. The first-order valence-electron chi connectivity index (χ1n) is 10.4. The second kappa shape index (κ2) is 8.70. The van der Waals surface area contributed by atoms with E-state index in [1.165, 1.54) is 12.8 Å². The molecule has 7 heteroatoms. The zero-order valence-corrected chi connectivity index (χ0v) is 18.7. The van der Waals surface area contributed by atoms with Gasteiger partial charge in [-0.3, -0.25) is 19.1 Å². The molecule has 30 heavy (non-hydrogen) atoms. The predicted molar refractivity (Wildman–Crippen MR) is 121 cm³/mol. The van der Waals surface area contributed by atoms with Crippen LogP contribution in [0.25, 0.3) is 10.2 Å². The van der Waals surface area contributed by atoms with Crippen molar-refractivity contribution in [1.82, 2.24) is 19.4 Å². The highest BCUT2D eigenvalue weighted by Gasteiger charge is 2.22. The van der Waals surface area contributed by atoms with Gasteiger partial charge < -0.3 is 4.90 Å². The Morgan fingerprint density at radius 1 is 1.17 bits per heavy atom. The predicted octanol–water partition coefficient (Wildman–Crippen LogP) is 3.33. The van der Waals surface area contributed by atoms with Gasteiger partial charge in [-0.1, -0.05) is 30.3 Å². The Bertz CT molecular complexity index is 1110.